The molecule has 0 amide bonds. The van der Waals surface area contributed by atoms with Crippen LogP contribution in [0.25, 0.3) is 6.08 Å². The molecule has 0 saturated heterocycles. The van der Waals surface area contributed by atoms with Gasteiger partial charge in [-0.3, -0.25) is 0 Å². The lowest BCUT2D eigenvalue weighted by Crippen LogP contribution is -2.33. The molecule has 1 aliphatic rings. The van der Waals surface area contributed by atoms with Crippen LogP contribution in [0.15, 0.2) is 30.3 Å². The van der Waals surface area contributed by atoms with E-state index >= 15 is 0 Å². The predicted molar refractivity (Wildman–Crippen MR) is 87.4 cm³/mol. The molecular formula is C18H25NO2. The summed E-state index contributed by atoms with van der Waals surface area (Å²) in [5.41, 5.74) is 2.26. The lowest BCUT2D eigenvalue weighted by molar-refractivity contribution is -0.137. The van der Waals surface area contributed by atoms with Crippen LogP contribution in [0.3, 0.4) is 0 Å². The van der Waals surface area contributed by atoms with Crippen molar-refractivity contribution in [1.29, 1.82) is 0 Å². The second-order valence-electron chi connectivity index (χ2n) is 5.58. The second kappa shape index (κ2) is 7.87. The molecule has 1 aromatic rings. The third kappa shape index (κ3) is 4.62. The fourth-order valence-electron chi connectivity index (χ4n) is 2.85. The number of carbonyl (C=O) groups excluding carboxylic acids is 1. The zero-order valence-corrected chi connectivity index (χ0v) is 13.0. The molecule has 0 heterocycles. The minimum Gasteiger partial charge on any atom is -0.463 e. The van der Waals surface area contributed by atoms with Gasteiger partial charge in [0.15, 0.2) is 0 Å². The molecule has 1 aliphatic carbocycles. The minimum absolute atomic E-state index is 0.291. The quantitative estimate of drug-likeness (QED) is 0.605. The molecule has 1 saturated carbocycles. The van der Waals surface area contributed by atoms with Gasteiger partial charge in [0.25, 0.3) is 0 Å². The van der Waals surface area contributed by atoms with Crippen LogP contribution in [0.2, 0.25) is 0 Å². The first-order chi connectivity index (χ1) is 10.2. The van der Waals surface area contributed by atoms with Gasteiger partial charge in [-0.2, -0.15) is 0 Å². The molecule has 21 heavy (non-hydrogen) atoms. The minimum atomic E-state index is -0.291. The van der Waals surface area contributed by atoms with Gasteiger partial charge in [-0.15, -0.1) is 0 Å². The van der Waals surface area contributed by atoms with Crippen molar-refractivity contribution in [3.63, 3.8) is 0 Å². The first-order valence-electron chi connectivity index (χ1n) is 7.88. The van der Waals surface area contributed by atoms with E-state index < -0.39 is 0 Å². The van der Waals surface area contributed by atoms with Crippen molar-refractivity contribution in [2.75, 3.05) is 18.6 Å². The van der Waals surface area contributed by atoms with Gasteiger partial charge < -0.3 is 9.64 Å². The first kappa shape index (κ1) is 15.6. The molecule has 0 aliphatic heterocycles. The molecule has 0 bridgehead atoms. The maximum absolute atomic E-state index is 11.3. The van der Waals surface area contributed by atoms with Gasteiger partial charge in [0.2, 0.25) is 0 Å². The molecule has 114 valence electrons. The number of hydrogen-bond donors (Lipinski definition) is 0. The Bertz CT molecular complexity index is 472. The summed E-state index contributed by atoms with van der Waals surface area (Å²) in [6.07, 6.45) is 9.92. The van der Waals surface area contributed by atoms with Gasteiger partial charge >= 0.3 is 5.97 Å². The van der Waals surface area contributed by atoms with Crippen LogP contribution in [0.4, 0.5) is 5.69 Å². The number of nitrogens with zero attached hydrogens (tertiary/aromatic N) is 1. The number of rotatable bonds is 5. The normalized spacial score (nSPS) is 16.1. The zero-order chi connectivity index (χ0) is 15.1. The molecule has 1 aromatic carbocycles. The lowest BCUT2D eigenvalue weighted by atomic mass is 9.94. The fraction of sp³-hybridized carbons (Fsp3) is 0.500. The highest BCUT2D eigenvalue weighted by molar-refractivity contribution is 5.87. The maximum atomic E-state index is 11.3. The van der Waals surface area contributed by atoms with E-state index in [0.717, 1.165) is 5.56 Å². The highest BCUT2D eigenvalue weighted by atomic mass is 16.5. The van der Waals surface area contributed by atoms with E-state index in [1.165, 1.54) is 43.9 Å². The van der Waals surface area contributed by atoms with Crippen LogP contribution in [-0.2, 0) is 9.53 Å². The van der Waals surface area contributed by atoms with E-state index in [-0.39, 0.29) is 5.97 Å². The third-order valence-corrected chi connectivity index (χ3v) is 4.12. The van der Waals surface area contributed by atoms with Crippen molar-refractivity contribution in [1.82, 2.24) is 0 Å². The van der Waals surface area contributed by atoms with E-state index in [1.807, 2.05) is 19.1 Å². The van der Waals surface area contributed by atoms with Crippen LogP contribution >= 0.6 is 0 Å². The summed E-state index contributed by atoms with van der Waals surface area (Å²) in [5, 5.41) is 0. The first-order valence-corrected chi connectivity index (χ1v) is 7.88. The molecule has 0 radical (unpaired) electrons. The molecular weight excluding hydrogens is 262 g/mol. The van der Waals surface area contributed by atoms with Crippen LogP contribution < -0.4 is 4.90 Å². The fourth-order valence-corrected chi connectivity index (χ4v) is 2.85. The monoisotopic (exact) mass is 287 g/mol. The SMILES string of the molecule is CCOC(=O)/C=C/c1ccc(N(C)C2CCCCC2)cc1. The van der Waals surface area contributed by atoms with Crippen LogP contribution in [-0.4, -0.2) is 25.7 Å². The average Bonchev–Trinajstić information content (AvgIpc) is 2.54. The summed E-state index contributed by atoms with van der Waals surface area (Å²) >= 11 is 0. The number of ether oxygens (including phenoxy) is 1. The number of hydrogen-bond acceptors (Lipinski definition) is 3. The van der Waals surface area contributed by atoms with Gasteiger partial charge in [-0.25, -0.2) is 4.79 Å². The highest BCUT2D eigenvalue weighted by Crippen LogP contribution is 2.26. The number of esters is 1. The van der Waals surface area contributed by atoms with Gasteiger partial charge in [0.1, 0.15) is 0 Å². The van der Waals surface area contributed by atoms with Crippen molar-refractivity contribution < 1.29 is 9.53 Å². The largest absolute Gasteiger partial charge is 0.463 e. The van der Waals surface area contributed by atoms with Crippen molar-refractivity contribution in [3.8, 4) is 0 Å². The van der Waals surface area contributed by atoms with Gasteiger partial charge in [0.05, 0.1) is 6.61 Å². The van der Waals surface area contributed by atoms with Gasteiger partial charge in [-0.05, 0) is 43.5 Å². The molecule has 0 N–H and O–H groups in total. The Morgan fingerprint density at radius 1 is 1.24 bits per heavy atom. The van der Waals surface area contributed by atoms with Crippen molar-refractivity contribution in [2.45, 2.75) is 45.1 Å². The van der Waals surface area contributed by atoms with E-state index in [4.69, 9.17) is 4.74 Å². The summed E-state index contributed by atoms with van der Waals surface area (Å²) in [5.74, 6) is -0.291. The Kier molecular flexibility index (Phi) is 5.85. The second-order valence-corrected chi connectivity index (χ2v) is 5.58. The highest BCUT2D eigenvalue weighted by Gasteiger charge is 2.17. The predicted octanol–water partition coefficient (Wildman–Crippen LogP) is 4.03. The maximum Gasteiger partial charge on any atom is 0.330 e. The van der Waals surface area contributed by atoms with Gasteiger partial charge in [0, 0.05) is 24.9 Å². The van der Waals surface area contributed by atoms with E-state index in [1.54, 1.807) is 6.08 Å². The number of anilines is 1. The van der Waals surface area contributed by atoms with E-state index in [9.17, 15) is 4.79 Å². The van der Waals surface area contributed by atoms with Crippen molar-refractivity contribution in [2.24, 2.45) is 0 Å². The Labute approximate surface area is 127 Å². The van der Waals surface area contributed by atoms with Crippen LogP contribution in [0, 0.1) is 0 Å². The topological polar surface area (TPSA) is 29.5 Å². The molecule has 3 nitrogen and oxygen atoms in total. The summed E-state index contributed by atoms with van der Waals surface area (Å²) in [7, 11) is 2.18. The summed E-state index contributed by atoms with van der Waals surface area (Å²) in [4.78, 5) is 13.7. The summed E-state index contributed by atoms with van der Waals surface area (Å²) in [6.45, 7) is 2.22. The molecule has 3 heteroatoms. The summed E-state index contributed by atoms with van der Waals surface area (Å²) < 4.78 is 4.87. The molecule has 0 aromatic heterocycles. The smallest absolute Gasteiger partial charge is 0.330 e. The molecule has 0 atom stereocenters. The molecule has 0 unspecified atom stereocenters. The third-order valence-electron chi connectivity index (χ3n) is 4.12. The number of benzene rings is 1. The molecule has 0 spiro atoms. The Hall–Kier alpha value is -1.77. The molecule has 1 fully saturated rings. The molecule has 2 rings (SSSR count). The Morgan fingerprint density at radius 3 is 2.52 bits per heavy atom. The lowest BCUT2D eigenvalue weighted by Gasteiger charge is -2.33. The van der Waals surface area contributed by atoms with Crippen LogP contribution in [0.5, 0.6) is 0 Å². The van der Waals surface area contributed by atoms with E-state index in [2.05, 4.69) is 24.1 Å². The average molecular weight is 287 g/mol. The van der Waals surface area contributed by atoms with Gasteiger partial charge in [-0.1, -0.05) is 31.4 Å². The summed E-state index contributed by atoms with van der Waals surface area (Å²) in [6, 6.07) is 9.01. The van der Waals surface area contributed by atoms with E-state index in [0.29, 0.717) is 12.6 Å². The number of carbonyl (C=O) groups is 1. The Morgan fingerprint density at radius 2 is 1.90 bits per heavy atom. The van der Waals surface area contributed by atoms with Crippen molar-refractivity contribution >= 4 is 17.7 Å². The standard InChI is InChI=1S/C18H25NO2/c1-3-21-18(20)14-11-15-9-12-17(13-10-15)19(2)16-7-5-4-6-8-16/h9-14,16H,3-8H2,1-2H3/b14-11+. The Balaban J connectivity index is 1.96. The van der Waals surface area contributed by atoms with Crippen LogP contribution in [0.1, 0.15) is 44.6 Å². The van der Waals surface area contributed by atoms with Crippen molar-refractivity contribution in [3.05, 3.63) is 35.9 Å². The zero-order valence-electron chi connectivity index (χ0n) is 13.0.